The Morgan fingerprint density at radius 2 is 2.00 bits per heavy atom. The van der Waals surface area contributed by atoms with Crippen molar-refractivity contribution in [3.8, 4) is 0 Å². The molecule has 1 amide bonds. The summed E-state index contributed by atoms with van der Waals surface area (Å²) in [5, 5.41) is 3.31. The minimum absolute atomic E-state index is 0.226. The van der Waals surface area contributed by atoms with Gasteiger partial charge in [0.1, 0.15) is 0 Å². The average Bonchev–Trinajstić information content (AvgIpc) is 2.58. The molecule has 1 aliphatic heterocycles. The van der Waals surface area contributed by atoms with Gasteiger partial charge in [-0.3, -0.25) is 9.78 Å². The van der Waals surface area contributed by atoms with Crippen molar-refractivity contribution in [2.75, 3.05) is 36.5 Å². The number of carbonyl (C=O) groups is 1. The van der Waals surface area contributed by atoms with Crippen LogP contribution in [0.4, 0.5) is 11.4 Å². The SMILES string of the molecule is O=C(Nc1ccccc1Cl)c1cncc(N2CCOCC2)c1. The van der Waals surface area contributed by atoms with Gasteiger partial charge in [0.2, 0.25) is 0 Å². The largest absolute Gasteiger partial charge is 0.378 e. The van der Waals surface area contributed by atoms with Gasteiger partial charge in [0, 0.05) is 19.3 Å². The molecule has 2 aromatic rings. The number of carbonyl (C=O) groups excluding carboxylic acids is 1. The van der Waals surface area contributed by atoms with Crippen LogP contribution in [0.3, 0.4) is 0 Å². The van der Waals surface area contributed by atoms with Crippen molar-refractivity contribution >= 4 is 28.9 Å². The number of halogens is 1. The molecule has 0 spiro atoms. The Balaban J connectivity index is 1.76. The van der Waals surface area contributed by atoms with Crippen LogP contribution in [0.15, 0.2) is 42.7 Å². The number of nitrogens with one attached hydrogen (secondary N) is 1. The predicted octanol–water partition coefficient (Wildman–Crippen LogP) is 2.82. The lowest BCUT2D eigenvalue weighted by molar-refractivity contribution is 0.102. The number of pyridine rings is 1. The molecule has 22 heavy (non-hydrogen) atoms. The zero-order chi connectivity index (χ0) is 15.4. The van der Waals surface area contributed by atoms with Crippen molar-refractivity contribution in [2.24, 2.45) is 0 Å². The van der Waals surface area contributed by atoms with E-state index >= 15 is 0 Å². The second kappa shape index (κ2) is 6.77. The molecule has 0 radical (unpaired) electrons. The van der Waals surface area contributed by atoms with Crippen molar-refractivity contribution in [2.45, 2.75) is 0 Å². The lowest BCUT2D eigenvalue weighted by atomic mass is 10.2. The Bertz CT molecular complexity index is 672. The van der Waals surface area contributed by atoms with Gasteiger partial charge in [0.25, 0.3) is 5.91 Å². The van der Waals surface area contributed by atoms with E-state index < -0.39 is 0 Å². The van der Waals surface area contributed by atoms with E-state index in [1.165, 1.54) is 0 Å². The third-order valence-corrected chi connectivity index (χ3v) is 3.81. The summed E-state index contributed by atoms with van der Waals surface area (Å²) in [6, 6.07) is 8.98. The highest BCUT2D eigenvalue weighted by molar-refractivity contribution is 6.33. The van der Waals surface area contributed by atoms with Crippen molar-refractivity contribution in [1.29, 1.82) is 0 Å². The quantitative estimate of drug-likeness (QED) is 0.946. The minimum atomic E-state index is -0.226. The Hall–Kier alpha value is -2.11. The summed E-state index contributed by atoms with van der Waals surface area (Å²) in [5.41, 5.74) is 2.02. The van der Waals surface area contributed by atoms with Crippen LogP contribution in [0, 0.1) is 0 Å². The molecular weight excluding hydrogens is 302 g/mol. The highest BCUT2D eigenvalue weighted by Gasteiger charge is 2.14. The molecule has 1 aromatic heterocycles. The summed E-state index contributed by atoms with van der Waals surface area (Å²) in [4.78, 5) is 18.7. The zero-order valence-corrected chi connectivity index (χ0v) is 12.7. The van der Waals surface area contributed by atoms with Crippen molar-refractivity contribution in [1.82, 2.24) is 4.98 Å². The van der Waals surface area contributed by atoms with E-state index in [2.05, 4.69) is 15.2 Å². The zero-order valence-electron chi connectivity index (χ0n) is 12.0. The molecule has 2 heterocycles. The molecule has 1 N–H and O–H groups in total. The normalized spacial score (nSPS) is 14.7. The summed E-state index contributed by atoms with van der Waals surface area (Å²) in [6.07, 6.45) is 3.31. The van der Waals surface area contributed by atoms with Crippen LogP contribution >= 0.6 is 11.6 Å². The Morgan fingerprint density at radius 1 is 1.23 bits per heavy atom. The molecule has 0 saturated carbocycles. The van der Waals surface area contributed by atoms with E-state index in [1.54, 1.807) is 24.5 Å². The van der Waals surface area contributed by atoms with Gasteiger partial charge < -0.3 is 15.0 Å². The van der Waals surface area contributed by atoms with Crippen LogP contribution < -0.4 is 10.2 Å². The maximum atomic E-state index is 12.3. The molecule has 3 rings (SSSR count). The summed E-state index contributed by atoms with van der Waals surface area (Å²) < 4.78 is 5.34. The fourth-order valence-electron chi connectivity index (χ4n) is 2.30. The maximum absolute atomic E-state index is 12.3. The molecule has 0 bridgehead atoms. The molecule has 0 atom stereocenters. The Kier molecular flexibility index (Phi) is 4.56. The first-order valence-corrected chi connectivity index (χ1v) is 7.45. The van der Waals surface area contributed by atoms with E-state index in [0.717, 1.165) is 18.8 Å². The Morgan fingerprint density at radius 3 is 2.77 bits per heavy atom. The molecule has 5 nitrogen and oxygen atoms in total. The van der Waals surface area contributed by atoms with Crippen molar-refractivity contribution in [3.63, 3.8) is 0 Å². The standard InChI is InChI=1S/C16H16ClN3O2/c17-14-3-1-2-4-15(14)19-16(21)12-9-13(11-18-10-12)20-5-7-22-8-6-20/h1-4,9-11H,5-8H2,(H,19,21). The molecule has 1 saturated heterocycles. The van der Waals surface area contributed by atoms with Crippen LogP contribution in [0.2, 0.25) is 5.02 Å². The summed E-state index contributed by atoms with van der Waals surface area (Å²) in [6.45, 7) is 2.99. The molecular formula is C16H16ClN3O2. The van der Waals surface area contributed by atoms with Gasteiger partial charge in [-0.15, -0.1) is 0 Å². The number of aromatic nitrogens is 1. The van der Waals surface area contributed by atoms with E-state index in [0.29, 0.717) is 29.5 Å². The molecule has 114 valence electrons. The second-order valence-electron chi connectivity index (χ2n) is 4.97. The lowest BCUT2D eigenvalue weighted by Gasteiger charge is -2.28. The van der Waals surface area contributed by atoms with Crippen LogP contribution in [-0.2, 0) is 4.74 Å². The number of para-hydroxylation sites is 1. The molecule has 1 aromatic carbocycles. The Labute approximate surface area is 133 Å². The topological polar surface area (TPSA) is 54.5 Å². The van der Waals surface area contributed by atoms with Gasteiger partial charge in [-0.2, -0.15) is 0 Å². The van der Waals surface area contributed by atoms with E-state index in [1.807, 2.05) is 18.2 Å². The fraction of sp³-hybridized carbons (Fsp3) is 0.250. The van der Waals surface area contributed by atoms with Crippen LogP contribution in [0.1, 0.15) is 10.4 Å². The van der Waals surface area contributed by atoms with Crippen molar-refractivity contribution in [3.05, 3.63) is 53.3 Å². The maximum Gasteiger partial charge on any atom is 0.257 e. The number of anilines is 2. The number of amides is 1. The molecule has 0 unspecified atom stereocenters. The number of rotatable bonds is 3. The summed E-state index contributed by atoms with van der Waals surface area (Å²) >= 11 is 6.06. The van der Waals surface area contributed by atoms with Crippen molar-refractivity contribution < 1.29 is 9.53 Å². The predicted molar refractivity (Wildman–Crippen MR) is 86.7 cm³/mol. The van der Waals surface area contributed by atoms with Gasteiger partial charge in [0.05, 0.1) is 41.4 Å². The van der Waals surface area contributed by atoms with Gasteiger partial charge in [0.15, 0.2) is 0 Å². The van der Waals surface area contributed by atoms with E-state index in [4.69, 9.17) is 16.3 Å². The van der Waals surface area contributed by atoms with Gasteiger partial charge >= 0.3 is 0 Å². The average molecular weight is 318 g/mol. The molecule has 1 aliphatic rings. The lowest BCUT2D eigenvalue weighted by Crippen LogP contribution is -2.36. The number of benzene rings is 1. The minimum Gasteiger partial charge on any atom is -0.378 e. The summed E-state index contributed by atoms with van der Waals surface area (Å²) in [7, 11) is 0. The van der Waals surface area contributed by atoms with Crippen LogP contribution in [-0.4, -0.2) is 37.2 Å². The van der Waals surface area contributed by atoms with E-state index in [9.17, 15) is 4.79 Å². The monoisotopic (exact) mass is 317 g/mol. The molecule has 0 aliphatic carbocycles. The highest BCUT2D eigenvalue weighted by Crippen LogP contribution is 2.22. The number of hydrogen-bond donors (Lipinski definition) is 1. The number of hydrogen-bond acceptors (Lipinski definition) is 4. The number of ether oxygens (including phenoxy) is 1. The van der Waals surface area contributed by atoms with Crippen LogP contribution in [0.5, 0.6) is 0 Å². The van der Waals surface area contributed by atoms with Gasteiger partial charge in [-0.25, -0.2) is 0 Å². The third kappa shape index (κ3) is 3.37. The van der Waals surface area contributed by atoms with E-state index in [-0.39, 0.29) is 5.91 Å². The van der Waals surface area contributed by atoms with Gasteiger partial charge in [-0.05, 0) is 18.2 Å². The third-order valence-electron chi connectivity index (χ3n) is 3.48. The number of morpholine rings is 1. The fourth-order valence-corrected chi connectivity index (χ4v) is 2.49. The smallest absolute Gasteiger partial charge is 0.257 e. The first-order chi connectivity index (χ1) is 10.7. The first kappa shape index (κ1) is 14.8. The molecule has 1 fully saturated rings. The summed E-state index contributed by atoms with van der Waals surface area (Å²) in [5.74, 6) is -0.226. The molecule has 6 heteroatoms. The van der Waals surface area contributed by atoms with Gasteiger partial charge in [-0.1, -0.05) is 23.7 Å². The highest BCUT2D eigenvalue weighted by atomic mass is 35.5. The van der Waals surface area contributed by atoms with Crippen LogP contribution in [0.25, 0.3) is 0 Å². The second-order valence-corrected chi connectivity index (χ2v) is 5.37. The number of nitrogens with zero attached hydrogens (tertiary/aromatic N) is 2. The first-order valence-electron chi connectivity index (χ1n) is 7.07.